The normalized spacial score (nSPS) is 28.7. The zero-order valence-electron chi connectivity index (χ0n) is 13.5. The molecule has 0 aliphatic carbocycles. The quantitative estimate of drug-likeness (QED) is 0.865. The Balaban J connectivity index is 1.74. The summed E-state index contributed by atoms with van der Waals surface area (Å²) < 4.78 is 0. The van der Waals surface area contributed by atoms with Gasteiger partial charge in [0.1, 0.15) is 0 Å². The van der Waals surface area contributed by atoms with Gasteiger partial charge in [0.05, 0.1) is 17.5 Å². The molecule has 124 valence electrons. The second-order valence-electron chi connectivity index (χ2n) is 6.62. The molecule has 2 fully saturated rings. The molecule has 2 aliphatic heterocycles. The maximum absolute atomic E-state index is 12.6. The molecule has 1 aromatic heterocycles. The molecule has 2 N–H and O–H groups in total. The third-order valence-corrected chi connectivity index (χ3v) is 5.69. The van der Waals surface area contributed by atoms with Crippen molar-refractivity contribution in [3.8, 4) is 0 Å². The number of hydrogen-bond donors (Lipinski definition) is 2. The Morgan fingerprint density at radius 2 is 2.30 bits per heavy atom. The van der Waals surface area contributed by atoms with Gasteiger partial charge in [0.15, 0.2) is 5.96 Å². The maximum atomic E-state index is 12.6. The van der Waals surface area contributed by atoms with Crippen molar-refractivity contribution in [1.82, 2.24) is 15.1 Å². The highest BCUT2D eigenvalue weighted by Crippen LogP contribution is 2.33. The molecular weight excluding hydrogens is 312 g/mol. The van der Waals surface area contributed by atoms with Crippen LogP contribution in [0.3, 0.4) is 0 Å². The molecule has 3 rings (SSSR count). The summed E-state index contributed by atoms with van der Waals surface area (Å²) in [4.78, 5) is 27.9. The van der Waals surface area contributed by atoms with Crippen molar-refractivity contribution in [1.29, 1.82) is 5.41 Å². The lowest BCUT2D eigenvalue weighted by molar-refractivity contribution is -0.130. The number of nitrogens with one attached hydrogen (secondary N) is 2. The molecule has 6 nitrogen and oxygen atoms in total. The van der Waals surface area contributed by atoms with Crippen LogP contribution in [-0.4, -0.2) is 53.2 Å². The van der Waals surface area contributed by atoms with Gasteiger partial charge in [-0.2, -0.15) is 11.3 Å². The Bertz CT molecular complexity index is 610. The van der Waals surface area contributed by atoms with Gasteiger partial charge in [0, 0.05) is 25.5 Å². The largest absolute Gasteiger partial charge is 0.350 e. The molecule has 2 saturated heterocycles. The van der Waals surface area contributed by atoms with E-state index in [2.05, 4.69) is 5.32 Å². The number of likely N-dealkylation sites (tertiary alicyclic amines) is 1. The van der Waals surface area contributed by atoms with Gasteiger partial charge in [-0.3, -0.25) is 19.9 Å². The smallest absolute Gasteiger partial charge is 0.254 e. The monoisotopic (exact) mass is 334 g/mol. The van der Waals surface area contributed by atoms with E-state index in [0.29, 0.717) is 13.0 Å². The summed E-state index contributed by atoms with van der Waals surface area (Å²) in [7, 11) is 1.62. The molecule has 1 unspecified atom stereocenters. The summed E-state index contributed by atoms with van der Waals surface area (Å²) in [6, 6.07) is 1.85. The van der Waals surface area contributed by atoms with E-state index in [9.17, 15) is 9.59 Å². The van der Waals surface area contributed by atoms with E-state index in [0.717, 1.165) is 24.9 Å². The fourth-order valence-electron chi connectivity index (χ4n) is 3.45. The van der Waals surface area contributed by atoms with Gasteiger partial charge in [-0.15, -0.1) is 0 Å². The molecule has 0 spiro atoms. The molecule has 2 atom stereocenters. The Labute approximate surface area is 140 Å². The summed E-state index contributed by atoms with van der Waals surface area (Å²) >= 11 is 1.52. The average molecular weight is 334 g/mol. The number of amides is 2. The van der Waals surface area contributed by atoms with E-state index < -0.39 is 5.54 Å². The SMILES string of the molecule is CN1C(=N)N[C@](C)(C2CCCN(C(=O)c3ccsc3)C2)CC1=O. The van der Waals surface area contributed by atoms with E-state index in [1.807, 2.05) is 28.7 Å². The van der Waals surface area contributed by atoms with Crippen LogP contribution < -0.4 is 5.32 Å². The number of rotatable bonds is 2. The number of thiophene rings is 1. The third-order valence-electron chi connectivity index (χ3n) is 5.01. The molecule has 3 heterocycles. The molecule has 23 heavy (non-hydrogen) atoms. The fourth-order valence-corrected chi connectivity index (χ4v) is 4.08. The first kappa shape index (κ1) is 16.0. The van der Waals surface area contributed by atoms with Crippen LogP contribution in [0.2, 0.25) is 0 Å². The van der Waals surface area contributed by atoms with Gasteiger partial charge >= 0.3 is 0 Å². The van der Waals surface area contributed by atoms with Crippen molar-refractivity contribution in [2.45, 2.75) is 31.7 Å². The second kappa shape index (κ2) is 5.96. The van der Waals surface area contributed by atoms with Crippen molar-refractivity contribution < 1.29 is 9.59 Å². The van der Waals surface area contributed by atoms with Gasteiger partial charge in [-0.25, -0.2) is 0 Å². The number of hydrogen-bond acceptors (Lipinski definition) is 4. The van der Waals surface area contributed by atoms with E-state index >= 15 is 0 Å². The summed E-state index contributed by atoms with van der Waals surface area (Å²) in [6.45, 7) is 3.38. The first-order valence-corrected chi connectivity index (χ1v) is 8.80. The zero-order chi connectivity index (χ0) is 16.6. The number of nitrogens with zero attached hydrogens (tertiary/aromatic N) is 2. The first-order chi connectivity index (χ1) is 10.9. The topological polar surface area (TPSA) is 76.5 Å². The molecule has 0 bridgehead atoms. The van der Waals surface area contributed by atoms with E-state index in [4.69, 9.17) is 5.41 Å². The summed E-state index contributed by atoms with van der Waals surface area (Å²) in [5.41, 5.74) is 0.273. The highest BCUT2D eigenvalue weighted by molar-refractivity contribution is 7.08. The van der Waals surface area contributed by atoms with Crippen LogP contribution in [-0.2, 0) is 4.79 Å². The molecular formula is C16H22N4O2S. The van der Waals surface area contributed by atoms with E-state index in [1.165, 1.54) is 16.2 Å². The first-order valence-electron chi connectivity index (χ1n) is 7.85. The zero-order valence-corrected chi connectivity index (χ0v) is 14.3. The van der Waals surface area contributed by atoms with Crippen molar-refractivity contribution in [2.75, 3.05) is 20.1 Å². The Hall–Kier alpha value is -1.89. The summed E-state index contributed by atoms with van der Waals surface area (Å²) in [5, 5.41) is 14.9. The fraction of sp³-hybridized carbons (Fsp3) is 0.562. The second-order valence-corrected chi connectivity index (χ2v) is 7.40. The number of guanidine groups is 1. The van der Waals surface area contributed by atoms with Gasteiger partial charge in [-0.05, 0) is 37.1 Å². The van der Waals surface area contributed by atoms with Crippen molar-refractivity contribution in [3.63, 3.8) is 0 Å². The molecule has 2 amide bonds. The standard InChI is InChI=1S/C16H22N4O2S/c1-16(8-13(21)19(2)15(17)18-16)12-4-3-6-20(9-12)14(22)11-5-7-23-10-11/h5,7,10,12H,3-4,6,8-9H2,1-2H3,(H2,17,18)/t12?,16-/m0/s1. The molecule has 1 aromatic rings. The molecule has 0 radical (unpaired) electrons. The van der Waals surface area contributed by atoms with Crippen LogP contribution in [0.5, 0.6) is 0 Å². The predicted molar refractivity (Wildman–Crippen MR) is 89.6 cm³/mol. The van der Waals surface area contributed by atoms with Gasteiger partial charge in [0.25, 0.3) is 5.91 Å². The van der Waals surface area contributed by atoms with Crippen LogP contribution in [0.1, 0.15) is 36.5 Å². The van der Waals surface area contributed by atoms with Gasteiger partial charge in [-0.1, -0.05) is 0 Å². The van der Waals surface area contributed by atoms with Crippen LogP contribution in [0.4, 0.5) is 0 Å². The molecule has 2 aliphatic rings. The lowest BCUT2D eigenvalue weighted by atomic mass is 9.76. The van der Waals surface area contributed by atoms with Crippen molar-refractivity contribution in [3.05, 3.63) is 22.4 Å². The number of piperidine rings is 1. The number of carbonyl (C=O) groups excluding carboxylic acids is 2. The predicted octanol–water partition coefficient (Wildman–Crippen LogP) is 1.75. The van der Waals surface area contributed by atoms with Gasteiger partial charge < -0.3 is 10.2 Å². The highest BCUT2D eigenvalue weighted by atomic mass is 32.1. The lowest BCUT2D eigenvalue weighted by Gasteiger charge is -2.47. The van der Waals surface area contributed by atoms with E-state index in [1.54, 1.807) is 7.05 Å². The minimum absolute atomic E-state index is 0.0439. The Morgan fingerprint density at radius 3 is 2.96 bits per heavy atom. The Morgan fingerprint density at radius 1 is 1.52 bits per heavy atom. The molecule has 7 heteroatoms. The number of carbonyl (C=O) groups is 2. The molecule has 0 saturated carbocycles. The third kappa shape index (κ3) is 2.97. The summed E-state index contributed by atoms with van der Waals surface area (Å²) in [6.07, 6.45) is 2.24. The van der Waals surface area contributed by atoms with Crippen LogP contribution in [0, 0.1) is 11.3 Å². The van der Waals surface area contributed by atoms with Crippen LogP contribution in [0.25, 0.3) is 0 Å². The lowest BCUT2D eigenvalue weighted by Crippen LogP contribution is -2.65. The van der Waals surface area contributed by atoms with Crippen LogP contribution in [0.15, 0.2) is 16.8 Å². The minimum atomic E-state index is -0.464. The molecule has 0 aromatic carbocycles. The maximum Gasteiger partial charge on any atom is 0.254 e. The summed E-state index contributed by atoms with van der Waals surface area (Å²) in [5.74, 6) is 0.327. The van der Waals surface area contributed by atoms with Crippen molar-refractivity contribution in [2.24, 2.45) is 5.92 Å². The van der Waals surface area contributed by atoms with Crippen molar-refractivity contribution >= 4 is 29.1 Å². The average Bonchev–Trinajstić information content (AvgIpc) is 3.06. The minimum Gasteiger partial charge on any atom is -0.350 e. The van der Waals surface area contributed by atoms with Gasteiger partial charge in [0.2, 0.25) is 5.91 Å². The Kier molecular flexibility index (Phi) is 4.14. The van der Waals surface area contributed by atoms with E-state index in [-0.39, 0.29) is 23.7 Å². The highest BCUT2D eigenvalue weighted by Gasteiger charge is 2.44. The van der Waals surface area contributed by atoms with Crippen LogP contribution >= 0.6 is 11.3 Å².